The molecule has 0 saturated heterocycles. The van der Waals surface area contributed by atoms with Gasteiger partial charge < -0.3 is 15.2 Å². The number of amides is 1. The van der Waals surface area contributed by atoms with E-state index in [1.807, 2.05) is 74.4 Å². The van der Waals surface area contributed by atoms with Crippen LogP contribution in [0.1, 0.15) is 21.6 Å². The minimum Gasteiger partial charge on any atom is -0.377 e. The van der Waals surface area contributed by atoms with Crippen LogP contribution < -0.4 is 10.2 Å². The van der Waals surface area contributed by atoms with Crippen molar-refractivity contribution in [3.63, 3.8) is 0 Å². The van der Waals surface area contributed by atoms with Gasteiger partial charge in [-0.25, -0.2) is 0 Å². The molecule has 0 radical (unpaired) electrons. The quantitative estimate of drug-likeness (QED) is 0.775. The van der Waals surface area contributed by atoms with Crippen LogP contribution in [0.2, 0.25) is 0 Å². The van der Waals surface area contributed by atoms with Crippen molar-refractivity contribution in [2.45, 2.75) is 13.5 Å². The number of hydrogen-bond donors (Lipinski definition) is 2. The van der Waals surface area contributed by atoms with E-state index in [0.717, 1.165) is 27.7 Å². The highest BCUT2D eigenvalue weighted by Gasteiger charge is 2.11. The summed E-state index contributed by atoms with van der Waals surface area (Å²) in [5.41, 5.74) is 4.96. The fourth-order valence-electron chi connectivity index (χ4n) is 2.80. The molecular formula is C19H21N3O. The molecule has 0 aliphatic carbocycles. The van der Waals surface area contributed by atoms with E-state index in [-0.39, 0.29) is 5.91 Å². The van der Waals surface area contributed by atoms with Gasteiger partial charge in [0.25, 0.3) is 5.91 Å². The van der Waals surface area contributed by atoms with E-state index < -0.39 is 0 Å². The zero-order chi connectivity index (χ0) is 16.4. The largest absolute Gasteiger partial charge is 0.377 e. The van der Waals surface area contributed by atoms with Crippen LogP contribution in [0.25, 0.3) is 10.9 Å². The number of anilines is 1. The molecule has 0 unspecified atom stereocenters. The van der Waals surface area contributed by atoms with Gasteiger partial charge >= 0.3 is 0 Å². The Labute approximate surface area is 136 Å². The Morgan fingerprint density at radius 2 is 1.91 bits per heavy atom. The summed E-state index contributed by atoms with van der Waals surface area (Å²) in [6.45, 7) is 2.54. The number of benzene rings is 2. The summed E-state index contributed by atoms with van der Waals surface area (Å²) < 4.78 is 0. The second kappa shape index (κ2) is 6.16. The van der Waals surface area contributed by atoms with Crippen LogP contribution >= 0.6 is 0 Å². The Morgan fingerprint density at radius 3 is 2.65 bits per heavy atom. The number of nitrogens with zero attached hydrogens (tertiary/aromatic N) is 1. The Hall–Kier alpha value is -2.75. The average molecular weight is 307 g/mol. The first kappa shape index (κ1) is 15.2. The van der Waals surface area contributed by atoms with Crippen LogP contribution in [-0.4, -0.2) is 25.0 Å². The Morgan fingerprint density at radius 1 is 1.13 bits per heavy atom. The first-order chi connectivity index (χ1) is 11.1. The third kappa shape index (κ3) is 3.06. The van der Waals surface area contributed by atoms with E-state index in [1.54, 1.807) is 0 Å². The molecule has 0 saturated carbocycles. The lowest BCUT2D eigenvalue weighted by Crippen LogP contribution is -2.24. The van der Waals surface area contributed by atoms with Crippen molar-refractivity contribution in [3.05, 3.63) is 65.4 Å². The number of para-hydroxylation sites is 2. The van der Waals surface area contributed by atoms with Gasteiger partial charge in [-0.15, -0.1) is 0 Å². The van der Waals surface area contributed by atoms with Gasteiger partial charge in [0.05, 0.1) is 0 Å². The van der Waals surface area contributed by atoms with E-state index in [9.17, 15) is 4.79 Å². The van der Waals surface area contributed by atoms with Gasteiger partial charge in [-0.05, 0) is 30.2 Å². The minimum absolute atomic E-state index is 0.0887. The average Bonchev–Trinajstić information content (AvgIpc) is 2.98. The number of aromatic nitrogens is 1. The highest BCUT2D eigenvalue weighted by Crippen LogP contribution is 2.20. The summed E-state index contributed by atoms with van der Waals surface area (Å²) in [5, 5.41) is 4.05. The van der Waals surface area contributed by atoms with Crippen LogP contribution in [-0.2, 0) is 6.54 Å². The number of nitrogens with one attached hydrogen (secondary N) is 2. The molecule has 1 amide bonds. The van der Waals surface area contributed by atoms with Gasteiger partial charge in [0.1, 0.15) is 5.69 Å². The zero-order valence-corrected chi connectivity index (χ0v) is 13.7. The van der Waals surface area contributed by atoms with Crippen LogP contribution in [0.5, 0.6) is 0 Å². The van der Waals surface area contributed by atoms with Gasteiger partial charge in [-0.1, -0.05) is 36.4 Å². The lowest BCUT2D eigenvalue weighted by Gasteiger charge is -2.17. The molecule has 0 atom stereocenters. The van der Waals surface area contributed by atoms with E-state index >= 15 is 0 Å². The summed E-state index contributed by atoms with van der Waals surface area (Å²) in [6, 6.07) is 16.0. The summed E-state index contributed by atoms with van der Waals surface area (Å²) in [4.78, 5) is 17.7. The van der Waals surface area contributed by atoms with Crippen LogP contribution in [0.3, 0.4) is 0 Å². The maximum absolute atomic E-state index is 12.4. The predicted molar refractivity (Wildman–Crippen MR) is 95.0 cm³/mol. The van der Waals surface area contributed by atoms with Crippen LogP contribution in [0.15, 0.2) is 48.5 Å². The maximum atomic E-state index is 12.4. The normalized spacial score (nSPS) is 10.7. The van der Waals surface area contributed by atoms with Gasteiger partial charge in [-0.3, -0.25) is 4.79 Å². The molecule has 3 aromatic rings. The number of carbonyl (C=O) groups excluding carboxylic acids is 1. The molecule has 2 N–H and O–H groups in total. The topological polar surface area (TPSA) is 48.1 Å². The number of aryl methyl sites for hydroxylation is 1. The first-order valence-corrected chi connectivity index (χ1v) is 7.68. The molecule has 2 aromatic carbocycles. The highest BCUT2D eigenvalue weighted by molar-refractivity contribution is 5.98. The van der Waals surface area contributed by atoms with Gasteiger partial charge in [0.15, 0.2) is 0 Å². The zero-order valence-electron chi connectivity index (χ0n) is 13.7. The molecular weight excluding hydrogens is 286 g/mol. The molecule has 4 nitrogen and oxygen atoms in total. The van der Waals surface area contributed by atoms with E-state index in [4.69, 9.17) is 0 Å². The molecule has 0 aliphatic rings. The minimum atomic E-state index is -0.0887. The van der Waals surface area contributed by atoms with Crippen LogP contribution in [0.4, 0.5) is 5.69 Å². The maximum Gasteiger partial charge on any atom is 0.267 e. The third-order valence-electron chi connectivity index (χ3n) is 4.02. The Bertz CT molecular complexity index is 849. The van der Waals surface area contributed by atoms with Crippen molar-refractivity contribution in [1.82, 2.24) is 10.3 Å². The van der Waals surface area contributed by atoms with Crippen molar-refractivity contribution in [1.29, 1.82) is 0 Å². The third-order valence-corrected chi connectivity index (χ3v) is 4.02. The molecule has 3 rings (SSSR count). The Kier molecular flexibility index (Phi) is 4.06. The highest BCUT2D eigenvalue weighted by atomic mass is 16.1. The number of fused-ring (bicyclic) bond motifs is 1. The summed E-state index contributed by atoms with van der Waals surface area (Å²) in [5.74, 6) is -0.0887. The molecule has 1 aromatic heterocycles. The van der Waals surface area contributed by atoms with E-state index in [2.05, 4.69) is 10.3 Å². The van der Waals surface area contributed by atoms with Crippen LogP contribution in [0, 0.1) is 6.92 Å². The van der Waals surface area contributed by atoms with E-state index in [1.165, 1.54) is 0 Å². The second-order valence-electron chi connectivity index (χ2n) is 5.93. The van der Waals surface area contributed by atoms with Crippen molar-refractivity contribution in [2.24, 2.45) is 0 Å². The van der Waals surface area contributed by atoms with Crippen molar-refractivity contribution >= 4 is 22.5 Å². The summed E-state index contributed by atoms with van der Waals surface area (Å²) in [6.07, 6.45) is 0. The van der Waals surface area contributed by atoms with Crippen molar-refractivity contribution < 1.29 is 4.79 Å². The number of carbonyl (C=O) groups is 1. The molecule has 0 fully saturated rings. The molecule has 23 heavy (non-hydrogen) atoms. The van der Waals surface area contributed by atoms with Crippen molar-refractivity contribution in [2.75, 3.05) is 19.0 Å². The fraction of sp³-hybridized carbons (Fsp3) is 0.211. The first-order valence-electron chi connectivity index (χ1n) is 7.68. The molecule has 4 heteroatoms. The molecule has 118 valence electrons. The Balaban J connectivity index is 1.78. The number of aromatic amines is 1. The number of H-pyrrole nitrogens is 1. The van der Waals surface area contributed by atoms with E-state index in [0.29, 0.717) is 12.2 Å². The smallest absolute Gasteiger partial charge is 0.267 e. The lowest BCUT2D eigenvalue weighted by molar-refractivity contribution is 0.0947. The molecule has 0 aliphatic heterocycles. The number of rotatable bonds is 4. The summed E-state index contributed by atoms with van der Waals surface area (Å²) in [7, 11) is 4.00. The lowest BCUT2D eigenvalue weighted by atomic mass is 10.1. The van der Waals surface area contributed by atoms with Gasteiger partial charge in [-0.2, -0.15) is 0 Å². The standard InChI is InChI=1S/C19H21N3O/c1-13-7-6-9-14-11-16(21-18(13)14)19(23)20-12-15-8-4-5-10-17(15)22(2)3/h4-11,21H,12H2,1-3H3,(H,20,23). The SMILES string of the molecule is Cc1cccc2cc(C(=O)NCc3ccccc3N(C)C)[nH]c12. The molecule has 1 heterocycles. The van der Waals surface area contributed by atoms with Gasteiger partial charge in [0.2, 0.25) is 0 Å². The second-order valence-corrected chi connectivity index (χ2v) is 5.93. The van der Waals surface area contributed by atoms with Gasteiger partial charge in [0, 0.05) is 37.2 Å². The molecule has 0 bridgehead atoms. The fourth-order valence-corrected chi connectivity index (χ4v) is 2.80. The predicted octanol–water partition coefficient (Wildman–Crippen LogP) is 3.47. The monoisotopic (exact) mass is 307 g/mol. The summed E-state index contributed by atoms with van der Waals surface area (Å²) >= 11 is 0. The van der Waals surface area contributed by atoms with Crippen molar-refractivity contribution in [3.8, 4) is 0 Å². The molecule has 0 spiro atoms. The number of hydrogen-bond acceptors (Lipinski definition) is 2.